The molecule has 52 heavy (non-hydrogen) atoms. The van der Waals surface area contributed by atoms with Crippen LogP contribution < -0.4 is 4.74 Å². The molecular weight excluding hydrogens is 688 g/mol. The lowest BCUT2D eigenvalue weighted by atomic mass is 9.83. The molecule has 0 radical (unpaired) electrons. The molecule has 3 saturated heterocycles. The van der Waals surface area contributed by atoms with Gasteiger partial charge in [0, 0.05) is 33.6 Å². The van der Waals surface area contributed by atoms with Crippen LogP contribution in [0.3, 0.4) is 0 Å². The number of ether oxygens (including phenoxy) is 11. The van der Waals surface area contributed by atoms with Crippen molar-refractivity contribution < 1.29 is 76.1 Å². The van der Waals surface area contributed by atoms with Crippen LogP contribution in [0.4, 0.5) is 0 Å². The highest BCUT2D eigenvalue weighted by molar-refractivity contribution is 5.89. The minimum absolute atomic E-state index is 0.0263. The minimum atomic E-state index is -1.36. The number of esters is 5. The van der Waals surface area contributed by atoms with E-state index in [-0.39, 0.29) is 49.3 Å². The topological polar surface area (TPSA) is 190 Å². The normalized spacial score (nSPS) is 33.4. The number of carbonyl (C=O) groups is 5. The summed E-state index contributed by atoms with van der Waals surface area (Å²) < 4.78 is 65.4. The molecule has 0 spiro atoms. The third-order valence-corrected chi connectivity index (χ3v) is 9.13. The van der Waals surface area contributed by atoms with Crippen LogP contribution in [0.25, 0.3) is 0 Å². The lowest BCUT2D eigenvalue weighted by molar-refractivity contribution is -0.362. The van der Waals surface area contributed by atoms with Crippen molar-refractivity contribution in [3.63, 3.8) is 0 Å². The van der Waals surface area contributed by atoms with Crippen molar-refractivity contribution in [2.45, 2.75) is 129 Å². The van der Waals surface area contributed by atoms with Gasteiger partial charge in [0.15, 0.2) is 18.5 Å². The van der Waals surface area contributed by atoms with Crippen molar-refractivity contribution in [1.82, 2.24) is 0 Å². The molecule has 1 aliphatic carbocycles. The number of rotatable bonds is 14. The van der Waals surface area contributed by atoms with Crippen LogP contribution in [0.15, 0.2) is 24.3 Å². The maximum atomic E-state index is 13.4. The third kappa shape index (κ3) is 9.09. The van der Waals surface area contributed by atoms with Crippen molar-refractivity contribution in [2.75, 3.05) is 19.8 Å². The summed E-state index contributed by atoms with van der Waals surface area (Å²) in [5, 5.41) is 0. The Morgan fingerprint density at radius 1 is 0.788 bits per heavy atom. The van der Waals surface area contributed by atoms with E-state index < -0.39 is 90.6 Å². The van der Waals surface area contributed by atoms with Crippen molar-refractivity contribution in [1.29, 1.82) is 0 Å². The summed E-state index contributed by atoms with van der Waals surface area (Å²) >= 11 is 0. The van der Waals surface area contributed by atoms with Crippen LogP contribution in [0.5, 0.6) is 5.75 Å². The van der Waals surface area contributed by atoms with E-state index >= 15 is 0 Å². The van der Waals surface area contributed by atoms with Crippen LogP contribution in [0.1, 0.15) is 72.2 Å². The van der Waals surface area contributed by atoms with Gasteiger partial charge in [-0.15, -0.1) is 0 Å². The van der Waals surface area contributed by atoms with E-state index in [1.807, 2.05) is 13.8 Å². The Bertz CT molecular complexity index is 1460. The molecular formula is C36H48O16. The number of benzene rings is 1. The third-order valence-electron chi connectivity index (χ3n) is 9.13. The fourth-order valence-electron chi connectivity index (χ4n) is 7.19. The average molecular weight is 737 g/mol. The molecule has 0 N–H and O–H groups in total. The first kappa shape index (κ1) is 39.5. The van der Waals surface area contributed by atoms with Gasteiger partial charge in [-0.3, -0.25) is 19.2 Å². The van der Waals surface area contributed by atoms with Crippen LogP contribution in [0.2, 0.25) is 0 Å². The summed E-state index contributed by atoms with van der Waals surface area (Å²) in [5.41, 5.74) is -0.926. The van der Waals surface area contributed by atoms with Gasteiger partial charge in [-0.25, -0.2) is 4.79 Å². The molecule has 288 valence electrons. The van der Waals surface area contributed by atoms with Gasteiger partial charge in [0.25, 0.3) is 0 Å². The van der Waals surface area contributed by atoms with Crippen LogP contribution in [-0.4, -0.2) is 117 Å². The Hall–Kier alpha value is -3.67. The smallest absolute Gasteiger partial charge is 0.338 e. The van der Waals surface area contributed by atoms with E-state index in [9.17, 15) is 24.0 Å². The Labute approximate surface area is 301 Å². The van der Waals surface area contributed by atoms with Crippen molar-refractivity contribution >= 4 is 29.8 Å². The molecule has 1 aromatic rings. The van der Waals surface area contributed by atoms with Gasteiger partial charge in [-0.05, 0) is 58.4 Å². The highest BCUT2D eigenvalue weighted by Gasteiger charge is 2.78. The standard InChI is InChI=1S/C36H48O16/c1-17(2)43-15-26-29(45-18(3)4)30(47-21(7)39)31(48-22(8)40)35(49-26)51-34-27-25(13-14-42-34)28(32-36(27,52-32)16-44-19(5)37)50-33(41)23-9-11-24(12-10-23)46-20(6)38/h9-12,17-18,25-32,34-35H,13-16H2,1-8H3. The fraction of sp³-hybridized carbons (Fsp3) is 0.694. The second-order valence-electron chi connectivity index (χ2n) is 13.8. The average Bonchev–Trinajstić information content (AvgIpc) is 3.72. The molecule has 3 aliphatic heterocycles. The summed E-state index contributed by atoms with van der Waals surface area (Å²) in [6.45, 7) is 12.3. The largest absolute Gasteiger partial charge is 0.463 e. The molecule has 16 heteroatoms. The quantitative estimate of drug-likeness (QED) is 0.117. The summed E-state index contributed by atoms with van der Waals surface area (Å²) in [6.07, 6.45) is -8.18. The van der Waals surface area contributed by atoms with Crippen molar-refractivity contribution in [2.24, 2.45) is 11.8 Å². The Kier molecular flexibility index (Phi) is 12.6. The predicted octanol–water partition coefficient (Wildman–Crippen LogP) is 2.65. The Balaban J connectivity index is 1.44. The maximum absolute atomic E-state index is 13.4. The number of fused-ring (bicyclic) bond motifs is 3. The highest BCUT2D eigenvalue weighted by Crippen LogP contribution is 2.61. The second-order valence-corrected chi connectivity index (χ2v) is 13.8. The highest BCUT2D eigenvalue weighted by atomic mass is 16.8. The van der Waals surface area contributed by atoms with Gasteiger partial charge in [-0.1, -0.05) is 0 Å². The molecule has 0 aromatic heterocycles. The molecule has 0 bridgehead atoms. The zero-order chi connectivity index (χ0) is 37.9. The number of epoxide rings is 1. The number of hydrogen-bond donors (Lipinski definition) is 0. The number of hydrogen-bond acceptors (Lipinski definition) is 16. The van der Waals surface area contributed by atoms with E-state index in [0.717, 1.165) is 0 Å². The Morgan fingerprint density at radius 3 is 2.06 bits per heavy atom. The summed E-state index contributed by atoms with van der Waals surface area (Å²) in [5.74, 6) is -3.77. The summed E-state index contributed by atoms with van der Waals surface area (Å²) in [4.78, 5) is 61.6. The molecule has 11 atom stereocenters. The molecule has 0 amide bonds. The first-order chi connectivity index (χ1) is 24.6. The molecule has 4 aliphatic rings. The van der Waals surface area contributed by atoms with E-state index in [2.05, 4.69) is 0 Å². The van der Waals surface area contributed by atoms with Crippen molar-refractivity contribution in [3.8, 4) is 5.75 Å². The maximum Gasteiger partial charge on any atom is 0.338 e. The Morgan fingerprint density at radius 2 is 1.46 bits per heavy atom. The minimum Gasteiger partial charge on any atom is -0.463 e. The molecule has 4 fully saturated rings. The van der Waals surface area contributed by atoms with E-state index in [1.54, 1.807) is 13.8 Å². The van der Waals surface area contributed by atoms with E-state index in [4.69, 9.17) is 52.1 Å². The van der Waals surface area contributed by atoms with Gasteiger partial charge in [-0.2, -0.15) is 0 Å². The SMILES string of the molecule is CC(=O)OCC12OC1C(OC(=O)c1ccc(OC(C)=O)cc1)C1CCOC(OC3OC(COC(C)C)C(OC(C)C)C(OC(C)=O)C3OC(C)=O)C12. The molecule has 11 unspecified atom stereocenters. The lowest BCUT2D eigenvalue weighted by Crippen LogP contribution is -2.64. The van der Waals surface area contributed by atoms with Gasteiger partial charge < -0.3 is 52.1 Å². The molecule has 1 aromatic carbocycles. The van der Waals surface area contributed by atoms with Crippen LogP contribution in [-0.2, 0) is 66.5 Å². The second kappa shape index (κ2) is 16.6. The van der Waals surface area contributed by atoms with Crippen molar-refractivity contribution in [3.05, 3.63) is 29.8 Å². The van der Waals surface area contributed by atoms with Gasteiger partial charge in [0.2, 0.25) is 6.29 Å². The molecule has 1 saturated carbocycles. The molecule has 5 rings (SSSR count). The first-order valence-electron chi connectivity index (χ1n) is 17.4. The number of carbonyl (C=O) groups excluding carboxylic acids is 5. The summed E-state index contributed by atoms with van der Waals surface area (Å²) in [6, 6.07) is 5.92. The van der Waals surface area contributed by atoms with E-state index in [1.165, 1.54) is 52.0 Å². The fourth-order valence-corrected chi connectivity index (χ4v) is 7.19. The molecule has 16 nitrogen and oxygen atoms in total. The molecule has 3 heterocycles. The van der Waals surface area contributed by atoms with Crippen LogP contribution in [0, 0.1) is 11.8 Å². The zero-order valence-corrected chi connectivity index (χ0v) is 30.6. The first-order valence-corrected chi connectivity index (χ1v) is 17.4. The van der Waals surface area contributed by atoms with Gasteiger partial charge in [0.1, 0.15) is 42.4 Å². The predicted molar refractivity (Wildman–Crippen MR) is 174 cm³/mol. The summed E-state index contributed by atoms with van der Waals surface area (Å²) in [7, 11) is 0. The lowest BCUT2D eigenvalue weighted by Gasteiger charge is -2.47. The van der Waals surface area contributed by atoms with Gasteiger partial charge >= 0.3 is 29.8 Å². The van der Waals surface area contributed by atoms with E-state index in [0.29, 0.717) is 6.42 Å². The van der Waals surface area contributed by atoms with Crippen LogP contribution >= 0.6 is 0 Å². The zero-order valence-electron chi connectivity index (χ0n) is 30.6. The van der Waals surface area contributed by atoms with Gasteiger partial charge in [0.05, 0.1) is 36.9 Å². The monoisotopic (exact) mass is 736 g/mol.